The third kappa shape index (κ3) is 7.42. The smallest absolute Gasteiger partial charge is 0.324 e. The normalized spacial score (nSPS) is 11.6. The van der Waals surface area contributed by atoms with E-state index in [4.69, 9.17) is 8.85 Å². The van der Waals surface area contributed by atoms with Crippen molar-refractivity contribution >= 4 is 9.28 Å². The molecule has 0 heterocycles. The predicted octanol–water partition coefficient (Wildman–Crippen LogP) is 4.03. The largest absolute Gasteiger partial charge is 0.396 e. The predicted molar refractivity (Wildman–Crippen MR) is 73.2 cm³/mol. The van der Waals surface area contributed by atoms with Crippen molar-refractivity contribution in [1.29, 1.82) is 0 Å². The molecule has 0 aliphatic heterocycles. The summed E-state index contributed by atoms with van der Waals surface area (Å²) in [6, 6.07) is 0. The average molecular weight is 246 g/mol. The van der Waals surface area contributed by atoms with Gasteiger partial charge in [-0.15, -0.1) is 0 Å². The van der Waals surface area contributed by atoms with Gasteiger partial charge in [0.2, 0.25) is 0 Å². The molecule has 0 unspecified atom stereocenters. The Morgan fingerprint density at radius 2 is 1.25 bits per heavy atom. The van der Waals surface area contributed by atoms with E-state index in [-0.39, 0.29) is 0 Å². The summed E-state index contributed by atoms with van der Waals surface area (Å²) < 4.78 is 12.0. The van der Waals surface area contributed by atoms with E-state index in [0.717, 1.165) is 13.2 Å². The highest BCUT2D eigenvalue weighted by Crippen LogP contribution is 2.21. The van der Waals surface area contributed by atoms with Crippen molar-refractivity contribution in [3.8, 4) is 0 Å². The first-order valence-electron chi connectivity index (χ1n) is 7.03. The highest BCUT2D eigenvalue weighted by molar-refractivity contribution is 6.46. The first-order valence-corrected chi connectivity index (χ1v) is 8.64. The van der Waals surface area contributed by atoms with Gasteiger partial charge in [0.25, 0.3) is 0 Å². The molecule has 0 rings (SSSR count). The molecule has 0 aromatic heterocycles. The molecule has 0 radical (unpaired) electrons. The lowest BCUT2D eigenvalue weighted by Crippen LogP contribution is -2.29. The zero-order valence-corrected chi connectivity index (χ0v) is 12.8. The molecular formula is C13H30O2Si. The maximum atomic E-state index is 5.99. The zero-order valence-electron chi connectivity index (χ0n) is 11.6. The minimum atomic E-state index is -1.41. The number of unbranched alkanes of at least 4 members (excludes halogenated alkanes) is 2. The molecule has 0 bridgehead atoms. The van der Waals surface area contributed by atoms with Gasteiger partial charge in [-0.1, -0.05) is 53.4 Å². The second-order valence-electron chi connectivity index (χ2n) is 4.39. The van der Waals surface area contributed by atoms with Gasteiger partial charge >= 0.3 is 9.28 Å². The molecule has 0 spiro atoms. The Balaban J connectivity index is 3.93. The van der Waals surface area contributed by atoms with Crippen LogP contribution in [0.15, 0.2) is 0 Å². The molecule has 0 amide bonds. The summed E-state index contributed by atoms with van der Waals surface area (Å²) >= 11 is 0. The SMILES string of the molecule is CCCCO[SiH](OCCCC)C(CC)CC. The van der Waals surface area contributed by atoms with Crippen LogP contribution in [-0.4, -0.2) is 22.5 Å². The van der Waals surface area contributed by atoms with Gasteiger partial charge in [0.1, 0.15) is 0 Å². The summed E-state index contributed by atoms with van der Waals surface area (Å²) in [5.41, 5.74) is 0.689. The highest BCUT2D eigenvalue weighted by atomic mass is 28.3. The van der Waals surface area contributed by atoms with Crippen LogP contribution >= 0.6 is 0 Å². The third-order valence-electron chi connectivity index (χ3n) is 2.99. The minimum Gasteiger partial charge on any atom is -0.396 e. The Labute approximate surface area is 104 Å². The summed E-state index contributed by atoms with van der Waals surface area (Å²) in [5, 5.41) is 0. The van der Waals surface area contributed by atoms with Crippen LogP contribution in [0.5, 0.6) is 0 Å². The molecule has 0 aromatic carbocycles. The highest BCUT2D eigenvalue weighted by Gasteiger charge is 2.22. The number of hydrogen-bond acceptors (Lipinski definition) is 2. The number of hydrogen-bond donors (Lipinski definition) is 0. The third-order valence-corrected chi connectivity index (χ3v) is 5.83. The van der Waals surface area contributed by atoms with Crippen LogP contribution in [0.1, 0.15) is 66.2 Å². The second-order valence-corrected chi connectivity index (χ2v) is 6.74. The maximum Gasteiger partial charge on any atom is 0.324 e. The van der Waals surface area contributed by atoms with Crippen molar-refractivity contribution in [3.05, 3.63) is 0 Å². The minimum absolute atomic E-state index is 0.689. The van der Waals surface area contributed by atoms with Gasteiger partial charge < -0.3 is 8.85 Å². The Morgan fingerprint density at radius 1 is 0.812 bits per heavy atom. The van der Waals surface area contributed by atoms with Gasteiger partial charge in [0.05, 0.1) is 0 Å². The molecule has 0 fully saturated rings. The molecule has 0 aliphatic rings. The molecular weight excluding hydrogens is 216 g/mol. The van der Waals surface area contributed by atoms with E-state index in [0.29, 0.717) is 5.54 Å². The Kier molecular flexibility index (Phi) is 11.7. The maximum absolute atomic E-state index is 5.99. The average Bonchev–Trinajstić information content (AvgIpc) is 2.30. The van der Waals surface area contributed by atoms with Crippen molar-refractivity contribution in [2.45, 2.75) is 71.8 Å². The molecule has 2 nitrogen and oxygen atoms in total. The van der Waals surface area contributed by atoms with Crippen molar-refractivity contribution in [2.24, 2.45) is 0 Å². The van der Waals surface area contributed by atoms with E-state index < -0.39 is 9.28 Å². The van der Waals surface area contributed by atoms with E-state index in [9.17, 15) is 0 Å². The molecule has 0 saturated carbocycles. The van der Waals surface area contributed by atoms with Crippen LogP contribution in [0.3, 0.4) is 0 Å². The van der Waals surface area contributed by atoms with Gasteiger partial charge in [0, 0.05) is 13.2 Å². The van der Waals surface area contributed by atoms with Crippen molar-refractivity contribution in [2.75, 3.05) is 13.2 Å². The Bertz CT molecular complexity index is 128. The van der Waals surface area contributed by atoms with Gasteiger partial charge in [-0.25, -0.2) is 0 Å². The van der Waals surface area contributed by atoms with Crippen LogP contribution < -0.4 is 0 Å². The Morgan fingerprint density at radius 3 is 1.56 bits per heavy atom. The fourth-order valence-electron chi connectivity index (χ4n) is 1.68. The van der Waals surface area contributed by atoms with Gasteiger partial charge in [-0.2, -0.15) is 0 Å². The monoisotopic (exact) mass is 246 g/mol. The molecule has 0 aliphatic carbocycles. The summed E-state index contributed by atoms with van der Waals surface area (Å²) in [5.74, 6) is 0. The fraction of sp³-hybridized carbons (Fsp3) is 1.00. The molecule has 0 saturated heterocycles. The van der Waals surface area contributed by atoms with Crippen LogP contribution in [0.25, 0.3) is 0 Å². The van der Waals surface area contributed by atoms with E-state index in [2.05, 4.69) is 27.7 Å². The molecule has 98 valence electrons. The lowest BCUT2D eigenvalue weighted by Gasteiger charge is -2.23. The molecule has 0 aromatic rings. The first-order chi connectivity index (χ1) is 7.79. The van der Waals surface area contributed by atoms with E-state index in [1.807, 2.05) is 0 Å². The van der Waals surface area contributed by atoms with Crippen LogP contribution in [0.4, 0.5) is 0 Å². The fourth-order valence-corrected chi connectivity index (χ4v) is 3.89. The molecule has 0 atom stereocenters. The lowest BCUT2D eigenvalue weighted by atomic mass is 10.3. The van der Waals surface area contributed by atoms with Crippen molar-refractivity contribution < 1.29 is 8.85 Å². The summed E-state index contributed by atoms with van der Waals surface area (Å²) in [4.78, 5) is 0. The number of rotatable bonds is 11. The van der Waals surface area contributed by atoms with E-state index in [1.165, 1.54) is 38.5 Å². The second kappa shape index (κ2) is 11.6. The molecule has 3 heteroatoms. The summed E-state index contributed by atoms with van der Waals surface area (Å²) in [6.07, 6.45) is 7.15. The van der Waals surface area contributed by atoms with Crippen molar-refractivity contribution in [3.63, 3.8) is 0 Å². The van der Waals surface area contributed by atoms with Crippen LogP contribution in [0, 0.1) is 0 Å². The van der Waals surface area contributed by atoms with Gasteiger partial charge in [-0.3, -0.25) is 0 Å². The summed E-state index contributed by atoms with van der Waals surface area (Å²) in [7, 11) is -1.41. The zero-order chi connectivity index (χ0) is 12.2. The standard InChI is InChI=1S/C13H30O2Si/c1-5-9-11-14-16(13(7-3)8-4)15-12-10-6-2/h13,16H,5-12H2,1-4H3. The van der Waals surface area contributed by atoms with E-state index in [1.54, 1.807) is 0 Å². The van der Waals surface area contributed by atoms with Crippen LogP contribution in [-0.2, 0) is 8.85 Å². The van der Waals surface area contributed by atoms with Gasteiger partial charge in [0.15, 0.2) is 0 Å². The van der Waals surface area contributed by atoms with Gasteiger partial charge in [-0.05, 0) is 18.4 Å². The molecule has 16 heavy (non-hydrogen) atoms. The van der Waals surface area contributed by atoms with Crippen molar-refractivity contribution in [1.82, 2.24) is 0 Å². The molecule has 0 N–H and O–H groups in total. The lowest BCUT2D eigenvalue weighted by molar-refractivity contribution is 0.181. The Hall–Kier alpha value is 0.137. The van der Waals surface area contributed by atoms with Crippen LogP contribution in [0.2, 0.25) is 5.54 Å². The topological polar surface area (TPSA) is 18.5 Å². The summed E-state index contributed by atoms with van der Waals surface area (Å²) in [6.45, 7) is 10.7. The first kappa shape index (κ1) is 16.1. The quantitative estimate of drug-likeness (QED) is 0.405. The van der Waals surface area contributed by atoms with E-state index >= 15 is 0 Å².